The van der Waals surface area contributed by atoms with Crippen molar-refractivity contribution in [3.05, 3.63) is 0 Å². The highest BCUT2D eigenvalue weighted by Crippen LogP contribution is 2.17. The molecule has 0 aliphatic carbocycles. The Morgan fingerprint density at radius 3 is 2.13 bits per heavy atom. The molecule has 1 rings (SSSR count). The molecule has 1 saturated heterocycles. The van der Waals surface area contributed by atoms with E-state index in [1.54, 1.807) is 0 Å². The van der Waals surface area contributed by atoms with Gasteiger partial charge >= 0.3 is 0 Å². The molecule has 0 N–H and O–H groups in total. The molecule has 0 radical (unpaired) electrons. The van der Waals surface area contributed by atoms with Gasteiger partial charge in [-0.25, -0.2) is 0 Å². The van der Waals surface area contributed by atoms with Gasteiger partial charge in [-0.15, -0.1) is 0 Å². The van der Waals surface area contributed by atoms with Gasteiger partial charge in [-0.05, 0) is 27.7 Å². The topological polar surface area (TPSA) is 30.3 Å². The van der Waals surface area contributed by atoms with E-state index in [0.717, 1.165) is 26.2 Å². The standard InChI is InChI=1S/C12H23N3/c1-11(5-6-13)14-7-9-15(10-8-14)12(2,3)4/h11H,5,7-10H2,1-4H3. The lowest BCUT2D eigenvalue weighted by molar-refractivity contribution is 0.0465. The molecule has 1 aliphatic rings. The maximum absolute atomic E-state index is 8.66. The summed E-state index contributed by atoms with van der Waals surface area (Å²) >= 11 is 0. The third kappa shape index (κ3) is 3.48. The fourth-order valence-corrected chi connectivity index (χ4v) is 2.09. The highest BCUT2D eigenvalue weighted by Gasteiger charge is 2.27. The molecule has 0 aromatic carbocycles. The zero-order valence-corrected chi connectivity index (χ0v) is 10.5. The van der Waals surface area contributed by atoms with E-state index >= 15 is 0 Å². The van der Waals surface area contributed by atoms with Crippen molar-refractivity contribution in [2.45, 2.75) is 45.7 Å². The van der Waals surface area contributed by atoms with E-state index in [2.05, 4.69) is 43.6 Å². The van der Waals surface area contributed by atoms with Crippen LogP contribution in [0, 0.1) is 11.3 Å². The molecule has 3 heteroatoms. The first-order valence-electron chi connectivity index (χ1n) is 5.81. The number of hydrogen-bond donors (Lipinski definition) is 0. The first-order chi connectivity index (χ1) is 6.95. The van der Waals surface area contributed by atoms with Gasteiger partial charge in [0.15, 0.2) is 0 Å². The van der Waals surface area contributed by atoms with Crippen LogP contribution in [0.3, 0.4) is 0 Å². The Hall–Kier alpha value is -0.590. The third-order valence-corrected chi connectivity index (χ3v) is 3.27. The van der Waals surface area contributed by atoms with E-state index < -0.39 is 0 Å². The van der Waals surface area contributed by atoms with E-state index in [1.807, 2.05) is 0 Å². The summed E-state index contributed by atoms with van der Waals surface area (Å²) in [5.41, 5.74) is 0.282. The van der Waals surface area contributed by atoms with E-state index in [0.29, 0.717) is 12.5 Å². The van der Waals surface area contributed by atoms with Crippen molar-refractivity contribution in [3.8, 4) is 6.07 Å². The second-order valence-corrected chi connectivity index (χ2v) is 5.41. The van der Waals surface area contributed by atoms with Crippen LogP contribution in [-0.2, 0) is 0 Å². The molecule has 1 unspecified atom stereocenters. The van der Waals surface area contributed by atoms with Crippen LogP contribution in [-0.4, -0.2) is 47.6 Å². The summed E-state index contributed by atoms with van der Waals surface area (Å²) in [4.78, 5) is 4.94. The molecule has 3 nitrogen and oxygen atoms in total. The maximum atomic E-state index is 8.66. The first kappa shape index (κ1) is 12.5. The third-order valence-electron chi connectivity index (χ3n) is 3.27. The van der Waals surface area contributed by atoms with Gasteiger partial charge in [-0.1, -0.05) is 0 Å². The Labute approximate surface area is 93.7 Å². The van der Waals surface area contributed by atoms with Gasteiger partial charge in [0.25, 0.3) is 0 Å². The lowest BCUT2D eigenvalue weighted by atomic mass is 10.0. The lowest BCUT2D eigenvalue weighted by Gasteiger charge is -2.43. The van der Waals surface area contributed by atoms with Crippen LogP contribution in [0.4, 0.5) is 0 Å². The minimum Gasteiger partial charge on any atom is -0.297 e. The molecule has 0 spiro atoms. The van der Waals surface area contributed by atoms with Crippen LogP contribution in [0.1, 0.15) is 34.1 Å². The van der Waals surface area contributed by atoms with Gasteiger partial charge in [0.2, 0.25) is 0 Å². The van der Waals surface area contributed by atoms with Crippen molar-refractivity contribution in [1.82, 2.24) is 9.80 Å². The fraction of sp³-hybridized carbons (Fsp3) is 0.917. The van der Waals surface area contributed by atoms with Crippen LogP contribution in [0.25, 0.3) is 0 Å². The summed E-state index contributed by atoms with van der Waals surface area (Å²) in [6, 6.07) is 2.66. The number of nitrogens with zero attached hydrogens (tertiary/aromatic N) is 3. The maximum Gasteiger partial charge on any atom is 0.0638 e. The van der Waals surface area contributed by atoms with Gasteiger partial charge in [-0.3, -0.25) is 9.80 Å². The van der Waals surface area contributed by atoms with E-state index in [4.69, 9.17) is 5.26 Å². The van der Waals surface area contributed by atoms with Gasteiger partial charge in [-0.2, -0.15) is 5.26 Å². The van der Waals surface area contributed by atoms with Gasteiger partial charge < -0.3 is 0 Å². The molecule has 1 heterocycles. The Bertz CT molecular complexity index is 228. The zero-order chi connectivity index (χ0) is 11.5. The summed E-state index contributed by atoms with van der Waals surface area (Å²) in [6.07, 6.45) is 0.648. The largest absolute Gasteiger partial charge is 0.297 e. The molecule has 15 heavy (non-hydrogen) atoms. The van der Waals surface area contributed by atoms with Crippen molar-refractivity contribution in [2.75, 3.05) is 26.2 Å². The first-order valence-corrected chi connectivity index (χ1v) is 5.81. The molecular formula is C12H23N3. The number of nitriles is 1. The van der Waals surface area contributed by atoms with Crippen LogP contribution in [0.5, 0.6) is 0 Å². The quantitative estimate of drug-likeness (QED) is 0.693. The summed E-state index contributed by atoms with van der Waals surface area (Å²) in [7, 11) is 0. The second kappa shape index (κ2) is 4.96. The molecule has 0 saturated carbocycles. The molecule has 1 atom stereocenters. The van der Waals surface area contributed by atoms with Crippen molar-refractivity contribution >= 4 is 0 Å². The van der Waals surface area contributed by atoms with Crippen LogP contribution in [0.15, 0.2) is 0 Å². The summed E-state index contributed by atoms with van der Waals surface area (Å²) in [5, 5.41) is 8.66. The SMILES string of the molecule is CC(CC#N)N1CCN(C(C)(C)C)CC1. The van der Waals surface area contributed by atoms with Crippen molar-refractivity contribution < 1.29 is 0 Å². The molecule has 0 amide bonds. The van der Waals surface area contributed by atoms with Gasteiger partial charge in [0.1, 0.15) is 0 Å². The fourth-order valence-electron chi connectivity index (χ4n) is 2.09. The molecule has 0 bridgehead atoms. The lowest BCUT2D eigenvalue weighted by Crippen LogP contribution is -2.55. The van der Waals surface area contributed by atoms with Crippen LogP contribution >= 0.6 is 0 Å². The highest BCUT2D eigenvalue weighted by molar-refractivity contribution is 4.86. The minimum absolute atomic E-state index is 0.282. The number of hydrogen-bond acceptors (Lipinski definition) is 3. The van der Waals surface area contributed by atoms with Gasteiger partial charge in [0.05, 0.1) is 12.5 Å². The van der Waals surface area contributed by atoms with Crippen molar-refractivity contribution in [3.63, 3.8) is 0 Å². The summed E-state index contributed by atoms with van der Waals surface area (Å²) < 4.78 is 0. The molecule has 0 aromatic rings. The van der Waals surface area contributed by atoms with Crippen LogP contribution in [0.2, 0.25) is 0 Å². The zero-order valence-electron chi connectivity index (χ0n) is 10.5. The predicted octanol–water partition coefficient (Wildman–Crippen LogP) is 1.70. The Kier molecular flexibility index (Phi) is 4.12. The number of rotatable bonds is 2. The Morgan fingerprint density at radius 2 is 1.73 bits per heavy atom. The number of piperazine rings is 1. The monoisotopic (exact) mass is 209 g/mol. The van der Waals surface area contributed by atoms with E-state index in [-0.39, 0.29) is 5.54 Å². The minimum atomic E-state index is 0.282. The molecule has 86 valence electrons. The molecular weight excluding hydrogens is 186 g/mol. The van der Waals surface area contributed by atoms with Crippen LogP contribution < -0.4 is 0 Å². The Morgan fingerprint density at radius 1 is 1.20 bits per heavy atom. The molecule has 0 aromatic heterocycles. The summed E-state index contributed by atoms with van der Waals surface area (Å²) in [6.45, 7) is 13.4. The predicted molar refractivity (Wildman–Crippen MR) is 62.6 cm³/mol. The highest BCUT2D eigenvalue weighted by atomic mass is 15.3. The van der Waals surface area contributed by atoms with Gasteiger partial charge in [0, 0.05) is 37.8 Å². The smallest absolute Gasteiger partial charge is 0.0638 e. The molecule has 1 fully saturated rings. The summed E-state index contributed by atoms with van der Waals surface area (Å²) in [5.74, 6) is 0. The average molecular weight is 209 g/mol. The Balaban J connectivity index is 2.40. The van der Waals surface area contributed by atoms with Crippen molar-refractivity contribution in [1.29, 1.82) is 5.26 Å². The van der Waals surface area contributed by atoms with E-state index in [9.17, 15) is 0 Å². The molecule has 1 aliphatic heterocycles. The normalized spacial score (nSPS) is 22.3. The van der Waals surface area contributed by atoms with Crippen molar-refractivity contribution in [2.24, 2.45) is 0 Å². The second-order valence-electron chi connectivity index (χ2n) is 5.41. The van der Waals surface area contributed by atoms with E-state index in [1.165, 1.54) is 0 Å². The average Bonchev–Trinajstić information content (AvgIpc) is 2.17.